The minimum Gasteiger partial charge on any atom is -0.510 e. The molecule has 0 unspecified atom stereocenters. The summed E-state index contributed by atoms with van der Waals surface area (Å²) in [6, 6.07) is 18.0. The molecule has 0 fully saturated rings. The summed E-state index contributed by atoms with van der Waals surface area (Å²) in [6.45, 7) is 4.35. The van der Waals surface area contributed by atoms with Crippen LogP contribution in [0.25, 0.3) is 16.8 Å². The second-order valence-corrected chi connectivity index (χ2v) is 7.59. The zero-order chi connectivity index (χ0) is 18.3. The van der Waals surface area contributed by atoms with Gasteiger partial charge in [-0.1, -0.05) is 42.5 Å². The van der Waals surface area contributed by atoms with Gasteiger partial charge >= 0.3 is 0 Å². The fraction of sp³-hybridized carbons (Fsp3) is 0.143. The Morgan fingerprint density at radius 1 is 1.08 bits per heavy atom. The maximum Gasteiger partial charge on any atom is 0.139 e. The molecule has 1 aliphatic heterocycles. The molecule has 0 saturated carbocycles. The van der Waals surface area contributed by atoms with Gasteiger partial charge in [-0.05, 0) is 31.5 Å². The molecule has 0 bridgehead atoms. The van der Waals surface area contributed by atoms with Crippen LogP contribution >= 0.6 is 11.3 Å². The minimum absolute atomic E-state index is 0.199. The van der Waals surface area contributed by atoms with Crippen molar-refractivity contribution in [1.82, 2.24) is 4.98 Å². The molecule has 2 aromatic carbocycles. The highest BCUT2D eigenvalue weighted by Gasteiger charge is 2.31. The number of anilines is 1. The third-order valence-corrected chi connectivity index (χ3v) is 5.46. The summed E-state index contributed by atoms with van der Waals surface area (Å²) >= 11 is 1.52. The third kappa shape index (κ3) is 2.80. The van der Waals surface area contributed by atoms with Gasteiger partial charge in [0.05, 0.1) is 17.8 Å². The number of nitrogens with zero attached hydrogens (tertiary/aromatic N) is 2. The Labute approximate surface area is 156 Å². The molecule has 1 aliphatic rings. The average Bonchev–Trinajstić information content (AvgIpc) is 3.15. The lowest BCUT2D eigenvalue weighted by molar-refractivity contribution is 0.411. The van der Waals surface area contributed by atoms with Crippen molar-refractivity contribution in [3.05, 3.63) is 75.8 Å². The van der Waals surface area contributed by atoms with Crippen LogP contribution in [0.3, 0.4) is 0 Å². The number of aromatic nitrogens is 1. The summed E-state index contributed by atoms with van der Waals surface area (Å²) in [5.74, 6) is 0.492. The summed E-state index contributed by atoms with van der Waals surface area (Å²) in [5, 5.41) is 19.8. The lowest BCUT2D eigenvalue weighted by Gasteiger charge is -2.19. The van der Waals surface area contributed by atoms with Gasteiger partial charge < -0.3 is 10.0 Å². The number of thiazole rings is 1. The van der Waals surface area contributed by atoms with Crippen LogP contribution in [0.4, 0.5) is 5.69 Å². The summed E-state index contributed by atoms with van der Waals surface area (Å²) < 4.78 is 0. The highest BCUT2D eigenvalue weighted by Crippen LogP contribution is 2.36. The van der Waals surface area contributed by atoms with Gasteiger partial charge in [0.25, 0.3) is 0 Å². The molecule has 0 spiro atoms. The normalized spacial score (nSPS) is 14.4. The Bertz CT molecular complexity index is 1020. The zero-order valence-electron chi connectivity index (χ0n) is 14.7. The molecule has 4 rings (SSSR count). The SMILES string of the molecule is Cc1cccc(N2CC(O)=C(c3nc(-c4ccccc4)c(C)s3)C2=N)c1. The van der Waals surface area contributed by atoms with E-state index in [-0.39, 0.29) is 5.76 Å². The molecular weight excluding hydrogens is 342 g/mol. The number of benzene rings is 2. The number of amidine groups is 1. The van der Waals surface area contributed by atoms with Crippen molar-refractivity contribution in [2.75, 3.05) is 11.4 Å². The monoisotopic (exact) mass is 361 g/mol. The van der Waals surface area contributed by atoms with Crippen LogP contribution in [-0.2, 0) is 0 Å². The largest absolute Gasteiger partial charge is 0.510 e. The molecule has 0 saturated heterocycles. The van der Waals surface area contributed by atoms with Crippen LogP contribution in [0.15, 0.2) is 60.4 Å². The Hall–Kier alpha value is -2.92. The first kappa shape index (κ1) is 16.5. The number of nitrogens with one attached hydrogen (secondary N) is 1. The standard InChI is InChI=1S/C21H19N3OS/c1-13-7-6-10-16(11-13)24-12-17(25)18(20(24)22)21-23-19(14(2)26-21)15-8-4-3-5-9-15/h3-11,22,25H,12H2,1-2H3. The molecule has 4 nitrogen and oxygen atoms in total. The van der Waals surface area contributed by atoms with Crippen LogP contribution in [0, 0.1) is 19.3 Å². The van der Waals surface area contributed by atoms with E-state index in [0.717, 1.165) is 27.4 Å². The number of aryl methyl sites for hydroxylation is 2. The number of hydrogen-bond donors (Lipinski definition) is 2. The Morgan fingerprint density at radius 3 is 2.58 bits per heavy atom. The predicted molar refractivity (Wildman–Crippen MR) is 108 cm³/mol. The van der Waals surface area contributed by atoms with Gasteiger partial charge in [-0.15, -0.1) is 11.3 Å². The lowest BCUT2D eigenvalue weighted by Crippen LogP contribution is -2.26. The van der Waals surface area contributed by atoms with Crippen LogP contribution in [0.2, 0.25) is 0 Å². The van der Waals surface area contributed by atoms with Gasteiger partial charge in [0.1, 0.15) is 16.6 Å². The van der Waals surface area contributed by atoms with E-state index in [0.29, 0.717) is 23.0 Å². The van der Waals surface area contributed by atoms with Crippen molar-refractivity contribution >= 4 is 28.4 Å². The van der Waals surface area contributed by atoms with E-state index < -0.39 is 0 Å². The van der Waals surface area contributed by atoms with Crippen molar-refractivity contribution in [1.29, 1.82) is 5.41 Å². The number of hydrogen-bond acceptors (Lipinski definition) is 4. The number of aliphatic hydroxyl groups is 1. The highest BCUT2D eigenvalue weighted by atomic mass is 32.1. The molecular formula is C21H19N3OS. The van der Waals surface area contributed by atoms with Crippen molar-refractivity contribution in [3.63, 3.8) is 0 Å². The zero-order valence-corrected chi connectivity index (χ0v) is 15.5. The molecule has 1 aromatic heterocycles. The average molecular weight is 361 g/mol. The van der Waals surface area contributed by atoms with Gasteiger partial charge in [0.2, 0.25) is 0 Å². The minimum atomic E-state index is 0.199. The maximum atomic E-state index is 10.5. The highest BCUT2D eigenvalue weighted by molar-refractivity contribution is 7.13. The quantitative estimate of drug-likeness (QED) is 0.674. The van der Waals surface area contributed by atoms with Crippen LogP contribution in [0.1, 0.15) is 15.4 Å². The maximum absolute atomic E-state index is 10.5. The number of aliphatic hydroxyl groups excluding tert-OH is 1. The van der Waals surface area contributed by atoms with E-state index in [1.54, 1.807) is 0 Å². The Morgan fingerprint density at radius 2 is 1.85 bits per heavy atom. The fourth-order valence-electron chi connectivity index (χ4n) is 3.19. The van der Waals surface area contributed by atoms with E-state index in [4.69, 9.17) is 10.4 Å². The molecule has 0 atom stereocenters. The second kappa shape index (κ2) is 6.42. The summed E-state index contributed by atoms with van der Waals surface area (Å²) in [4.78, 5) is 7.63. The van der Waals surface area contributed by atoms with Gasteiger partial charge in [-0.2, -0.15) is 0 Å². The first-order chi connectivity index (χ1) is 12.5. The first-order valence-electron chi connectivity index (χ1n) is 8.43. The van der Waals surface area contributed by atoms with Gasteiger partial charge in [-0.3, -0.25) is 5.41 Å². The molecule has 0 amide bonds. The van der Waals surface area contributed by atoms with Crippen LogP contribution < -0.4 is 4.90 Å². The van der Waals surface area contributed by atoms with Crippen molar-refractivity contribution in [3.8, 4) is 11.3 Å². The van der Waals surface area contributed by atoms with Crippen LogP contribution in [-0.4, -0.2) is 22.5 Å². The van der Waals surface area contributed by atoms with E-state index in [1.807, 2.05) is 73.3 Å². The van der Waals surface area contributed by atoms with Crippen molar-refractivity contribution < 1.29 is 5.11 Å². The topological polar surface area (TPSA) is 60.2 Å². The molecule has 0 radical (unpaired) electrons. The molecule has 5 heteroatoms. The fourth-order valence-corrected chi connectivity index (χ4v) is 4.19. The van der Waals surface area contributed by atoms with E-state index in [2.05, 4.69) is 0 Å². The molecule has 130 valence electrons. The lowest BCUT2D eigenvalue weighted by atomic mass is 10.1. The molecule has 26 heavy (non-hydrogen) atoms. The molecule has 3 aromatic rings. The first-order valence-corrected chi connectivity index (χ1v) is 9.24. The Kier molecular flexibility index (Phi) is 4.09. The van der Waals surface area contributed by atoms with Crippen molar-refractivity contribution in [2.24, 2.45) is 0 Å². The van der Waals surface area contributed by atoms with E-state index in [9.17, 15) is 5.11 Å². The van der Waals surface area contributed by atoms with E-state index in [1.165, 1.54) is 11.3 Å². The number of rotatable bonds is 3. The molecule has 2 heterocycles. The summed E-state index contributed by atoms with van der Waals surface area (Å²) in [5.41, 5.74) is 4.52. The summed E-state index contributed by atoms with van der Waals surface area (Å²) in [7, 11) is 0. The second-order valence-electron chi connectivity index (χ2n) is 6.39. The smallest absolute Gasteiger partial charge is 0.139 e. The van der Waals surface area contributed by atoms with Gasteiger partial charge in [0, 0.05) is 16.1 Å². The van der Waals surface area contributed by atoms with E-state index >= 15 is 0 Å². The molecule has 0 aliphatic carbocycles. The molecule has 2 N–H and O–H groups in total. The van der Waals surface area contributed by atoms with Gasteiger partial charge in [-0.25, -0.2) is 4.98 Å². The predicted octanol–water partition coefficient (Wildman–Crippen LogP) is 5.19. The Balaban J connectivity index is 1.70. The van der Waals surface area contributed by atoms with Gasteiger partial charge in [0.15, 0.2) is 0 Å². The summed E-state index contributed by atoms with van der Waals surface area (Å²) in [6.07, 6.45) is 0. The van der Waals surface area contributed by atoms with Crippen molar-refractivity contribution in [2.45, 2.75) is 13.8 Å². The third-order valence-electron chi connectivity index (χ3n) is 4.47. The van der Waals surface area contributed by atoms with Crippen LogP contribution in [0.5, 0.6) is 0 Å².